The van der Waals surface area contributed by atoms with Crippen LogP contribution in [0, 0.1) is 11.8 Å². The molecule has 0 aliphatic carbocycles. The molecule has 2 aromatic rings. The van der Waals surface area contributed by atoms with Gasteiger partial charge in [-0.25, -0.2) is 0 Å². The monoisotopic (exact) mass is 583 g/mol. The summed E-state index contributed by atoms with van der Waals surface area (Å²) in [6.45, 7) is 0.471. The van der Waals surface area contributed by atoms with E-state index in [4.69, 9.17) is 0 Å². The van der Waals surface area contributed by atoms with Crippen molar-refractivity contribution in [3.63, 3.8) is 0 Å². The van der Waals surface area contributed by atoms with E-state index in [0.29, 0.717) is 6.54 Å². The normalized spacial score (nSPS) is 14.6. The van der Waals surface area contributed by atoms with Gasteiger partial charge in [-0.1, -0.05) is 42.2 Å². The third kappa shape index (κ3) is 4.98. The Morgan fingerprint density at radius 3 is 2.24 bits per heavy atom. The standard InChI is InChI=1S/C25H19Br2N3O4/c26-22-23(27)25(34)29(24(22)33)14-12-20(31)28-13-11-21(32)30-15-18-7-2-1-5-16(18)9-10-17-6-3-4-8-19(17)30/h1-8H,11-15H2,(H,28,31). The summed E-state index contributed by atoms with van der Waals surface area (Å²) < 4.78 is 0.284. The first-order valence-corrected chi connectivity index (χ1v) is 12.1. The summed E-state index contributed by atoms with van der Waals surface area (Å²) in [7, 11) is 0. The van der Waals surface area contributed by atoms with E-state index >= 15 is 0 Å². The van der Waals surface area contributed by atoms with Crippen LogP contribution in [0.2, 0.25) is 0 Å². The molecule has 0 bridgehead atoms. The van der Waals surface area contributed by atoms with Crippen LogP contribution < -0.4 is 10.2 Å². The van der Waals surface area contributed by atoms with Gasteiger partial charge >= 0.3 is 0 Å². The highest BCUT2D eigenvalue weighted by Gasteiger charge is 2.35. The number of hydrogen-bond acceptors (Lipinski definition) is 4. The number of benzene rings is 2. The van der Waals surface area contributed by atoms with Gasteiger partial charge in [0, 0.05) is 37.1 Å². The lowest BCUT2D eigenvalue weighted by Gasteiger charge is -2.26. The molecule has 0 radical (unpaired) electrons. The van der Waals surface area contributed by atoms with Crippen LogP contribution in [0.5, 0.6) is 0 Å². The summed E-state index contributed by atoms with van der Waals surface area (Å²) in [4.78, 5) is 52.2. The molecule has 34 heavy (non-hydrogen) atoms. The van der Waals surface area contributed by atoms with Gasteiger partial charge in [0.15, 0.2) is 0 Å². The van der Waals surface area contributed by atoms with E-state index in [2.05, 4.69) is 49.0 Å². The Morgan fingerprint density at radius 2 is 1.50 bits per heavy atom. The maximum absolute atomic E-state index is 13.2. The van der Waals surface area contributed by atoms with Gasteiger partial charge in [-0.05, 0) is 55.6 Å². The average molecular weight is 585 g/mol. The van der Waals surface area contributed by atoms with Crippen molar-refractivity contribution in [1.29, 1.82) is 0 Å². The zero-order chi connectivity index (χ0) is 24.2. The van der Waals surface area contributed by atoms with Gasteiger partial charge in [-0.3, -0.25) is 24.1 Å². The molecule has 2 aromatic carbocycles. The number of para-hydroxylation sites is 1. The second kappa shape index (κ2) is 10.4. The van der Waals surface area contributed by atoms with Crippen molar-refractivity contribution >= 4 is 61.2 Å². The average Bonchev–Trinajstić information content (AvgIpc) is 3.01. The molecule has 9 heteroatoms. The van der Waals surface area contributed by atoms with Crippen molar-refractivity contribution in [1.82, 2.24) is 10.2 Å². The lowest BCUT2D eigenvalue weighted by atomic mass is 10.0. The third-order valence-corrected chi connectivity index (χ3v) is 7.46. The number of carbonyl (C=O) groups is 4. The molecule has 4 amide bonds. The van der Waals surface area contributed by atoms with Crippen LogP contribution in [0.25, 0.3) is 0 Å². The highest BCUT2D eigenvalue weighted by Crippen LogP contribution is 2.29. The van der Waals surface area contributed by atoms with E-state index in [0.717, 1.165) is 27.3 Å². The number of anilines is 1. The minimum absolute atomic E-state index is 0.0450. The highest BCUT2D eigenvalue weighted by atomic mass is 79.9. The second-order valence-corrected chi connectivity index (χ2v) is 9.23. The van der Waals surface area contributed by atoms with Crippen LogP contribution >= 0.6 is 31.9 Å². The van der Waals surface area contributed by atoms with E-state index in [1.807, 2.05) is 48.5 Å². The number of fused-ring (bicyclic) bond motifs is 2. The van der Waals surface area contributed by atoms with Crippen molar-refractivity contribution in [3.05, 3.63) is 74.2 Å². The smallest absolute Gasteiger partial charge is 0.269 e. The first kappa shape index (κ1) is 23.9. The molecule has 0 spiro atoms. The first-order chi connectivity index (χ1) is 16.4. The van der Waals surface area contributed by atoms with E-state index in [1.54, 1.807) is 4.90 Å². The quantitative estimate of drug-likeness (QED) is 0.417. The van der Waals surface area contributed by atoms with E-state index in [9.17, 15) is 19.2 Å². The molecule has 2 aliphatic rings. The van der Waals surface area contributed by atoms with Gasteiger partial charge in [0.1, 0.15) is 8.96 Å². The fraction of sp³-hybridized carbons (Fsp3) is 0.200. The maximum atomic E-state index is 13.2. The Bertz CT molecular complexity index is 1270. The van der Waals surface area contributed by atoms with Gasteiger partial charge in [0.2, 0.25) is 11.8 Å². The predicted octanol–water partition coefficient (Wildman–Crippen LogP) is 3.20. The molecule has 7 nitrogen and oxygen atoms in total. The fourth-order valence-electron chi connectivity index (χ4n) is 3.67. The van der Waals surface area contributed by atoms with Crippen molar-refractivity contribution in [2.45, 2.75) is 19.4 Å². The van der Waals surface area contributed by atoms with Crippen molar-refractivity contribution in [3.8, 4) is 11.8 Å². The topological polar surface area (TPSA) is 86.8 Å². The lowest BCUT2D eigenvalue weighted by molar-refractivity contribution is -0.137. The molecule has 0 fully saturated rings. The summed E-state index contributed by atoms with van der Waals surface area (Å²) >= 11 is 6.11. The first-order valence-electron chi connectivity index (χ1n) is 10.5. The van der Waals surface area contributed by atoms with Crippen LogP contribution in [0.1, 0.15) is 29.5 Å². The van der Waals surface area contributed by atoms with E-state index in [1.165, 1.54) is 0 Å². The summed E-state index contributed by atoms with van der Waals surface area (Å²) in [6.07, 6.45) is 0.0393. The molecule has 2 heterocycles. The number of imide groups is 1. The van der Waals surface area contributed by atoms with Crippen LogP contribution in [0.4, 0.5) is 5.69 Å². The van der Waals surface area contributed by atoms with Gasteiger partial charge in [-0.2, -0.15) is 0 Å². The molecule has 0 saturated carbocycles. The number of amides is 4. The number of nitrogens with one attached hydrogen (secondary N) is 1. The third-order valence-electron chi connectivity index (χ3n) is 5.46. The molecule has 4 rings (SSSR count). The van der Waals surface area contributed by atoms with Gasteiger partial charge in [-0.15, -0.1) is 0 Å². The number of hydrogen-bond donors (Lipinski definition) is 1. The van der Waals surface area contributed by atoms with E-state index in [-0.39, 0.29) is 46.7 Å². The molecular formula is C25H19Br2N3O4. The minimum Gasteiger partial charge on any atom is -0.356 e. The highest BCUT2D eigenvalue weighted by molar-refractivity contribution is 9.14. The molecule has 1 N–H and O–H groups in total. The lowest BCUT2D eigenvalue weighted by Crippen LogP contribution is -2.37. The minimum atomic E-state index is -0.487. The Balaban J connectivity index is 1.36. The Labute approximate surface area is 213 Å². The van der Waals surface area contributed by atoms with Crippen molar-refractivity contribution in [2.75, 3.05) is 18.0 Å². The second-order valence-electron chi connectivity index (χ2n) is 7.64. The molecule has 0 unspecified atom stereocenters. The predicted molar refractivity (Wildman–Crippen MR) is 134 cm³/mol. The van der Waals surface area contributed by atoms with Crippen LogP contribution in [-0.2, 0) is 25.7 Å². The Kier molecular flexibility index (Phi) is 7.29. The zero-order valence-corrected chi connectivity index (χ0v) is 21.1. The Hall–Kier alpha value is -3.22. The van der Waals surface area contributed by atoms with Gasteiger partial charge in [0.25, 0.3) is 11.8 Å². The number of nitrogens with zero attached hydrogens (tertiary/aromatic N) is 2. The summed E-state index contributed by atoms with van der Waals surface area (Å²) in [5.74, 6) is 4.87. The summed E-state index contributed by atoms with van der Waals surface area (Å²) in [5, 5.41) is 2.70. The summed E-state index contributed by atoms with van der Waals surface area (Å²) in [5.41, 5.74) is 3.32. The van der Waals surface area contributed by atoms with E-state index < -0.39 is 11.8 Å². The fourth-order valence-corrected chi connectivity index (χ4v) is 4.44. The SMILES string of the molecule is O=C(CCN1C(=O)C(Br)=C(Br)C1=O)NCCC(=O)N1Cc2ccccc2C#Cc2ccccc21. The van der Waals surface area contributed by atoms with Crippen LogP contribution in [0.3, 0.4) is 0 Å². The maximum Gasteiger partial charge on any atom is 0.269 e. The van der Waals surface area contributed by atoms with Gasteiger partial charge < -0.3 is 10.2 Å². The molecule has 0 saturated heterocycles. The van der Waals surface area contributed by atoms with Gasteiger partial charge in [0.05, 0.1) is 12.2 Å². The molecular weight excluding hydrogens is 566 g/mol. The number of carbonyl (C=O) groups excluding carboxylic acids is 4. The number of rotatable bonds is 6. The molecule has 172 valence electrons. The van der Waals surface area contributed by atoms with Crippen molar-refractivity contribution in [2.24, 2.45) is 0 Å². The zero-order valence-electron chi connectivity index (χ0n) is 17.9. The largest absolute Gasteiger partial charge is 0.356 e. The molecule has 2 aliphatic heterocycles. The van der Waals surface area contributed by atoms with Crippen LogP contribution in [-0.4, -0.2) is 41.6 Å². The Morgan fingerprint density at radius 1 is 0.882 bits per heavy atom. The molecule has 0 atom stereocenters. The summed E-state index contributed by atoms with van der Waals surface area (Å²) in [6, 6.07) is 15.2. The van der Waals surface area contributed by atoms with Crippen molar-refractivity contribution < 1.29 is 19.2 Å². The number of halogens is 2. The molecule has 0 aromatic heterocycles. The van der Waals surface area contributed by atoms with Crippen LogP contribution in [0.15, 0.2) is 57.5 Å².